The first-order valence-corrected chi connectivity index (χ1v) is 3.94. The second kappa shape index (κ2) is 3.09. The normalized spacial score (nSPS) is 10.8. The largest absolute Gasteiger partial charge is 0.397 e. The average molecular weight is 168 g/mol. The molecular weight excluding hydrogens is 155 g/mol. The summed E-state index contributed by atoms with van der Waals surface area (Å²) >= 11 is 0. The maximum absolute atomic E-state index is 13.4. The molecule has 0 aliphatic heterocycles. The fourth-order valence-electron chi connectivity index (χ4n) is 1.20. The number of hydrogen-bond acceptors (Lipinski definition) is 2. The lowest BCUT2D eigenvalue weighted by Gasteiger charge is -2.10. The van der Waals surface area contributed by atoms with Gasteiger partial charge < -0.3 is 5.73 Å². The van der Waals surface area contributed by atoms with Crippen molar-refractivity contribution in [2.45, 2.75) is 26.7 Å². The number of nitrogens with two attached hydrogens (primary N) is 1. The van der Waals surface area contributed by atoms with Crippen LogP contribution in [0.25, 0.3) is 0 Å². The van der Waals surface area contributed by atoms with E-state index in [1.165, 1.54) is 6.20 Å². The van der Waals surface area contributed by atoms with Gasteiger partial charge in [-0.3, -0.25) is 4.98 Å². The molecule has 0 aliphatic carbocycles. The Hall–Kier alpha value is -1.12. The van der Waals surface area contributed by atoms with Crippen LogP contribution in [0.3, 0.4) is 0 Å². The maximum Gasteiger partial charge on any atom is 0.149 e. The van der Waals surface area contributed by atoms with E-state index in [1.54, 1.807) is 6.92 Å². The number of rotatable bonds is 1. The summed E-state index contributed by atoms with van der Waals surface area (Å²) in [5.41, 5.74) is 7.01. The standard InChI is InChI=1S/C9H13FN2/c1-5(2)8-7(11)4-12-6(3)9(8)10/h4-5H,11H2,1-3H3. The molecule has 0 spiro atoms. The van der Waals surface area contributed by atoms with E-state index in [9.17, 15) is 4.39 Å². The molecule has 2 nitrogen and oxygen atoms in total. The maximum atomic E-state index is 13.4. The minimum atomic E-state index is -0.273. The van der Waals surface area contributed by atoms with Crippen LogP contribution >= 0.6 is 0 Å². The van der Waals surface area contributed by atoms with Crippen molar-refractivity contribution in [3.05, 3.63) is 23.3 Å². The molecular formula is C9H13FN2. The smallest absolute Gasteiger partial charge is 0.149 e. The molecule has 66 valence electrons. The highest BCUT2D eigenvalue weighted by atomic mass is 19.1. The van der Waals surface area contributed by atoms with Crippen LogP contribution in [0, 0.1) is 12.7 Å². The molecule has 2 N–H and O–H groups in total. The van der Waals surface area contributed by atoms with Gasteiger partial charge in [-0.2, -0.15) is 0 Å². The molecule has 1 aromatic rings. The molecule has 1 rings (SSSR count). The van der Waals surface area contributed by atoms with Gasteiger partial charge in [0.05, 0.1) is 17.6 Å². The Morgan fingerprint density at radius 2 is 2.08 bits per heavy atom. The quantitative estimate of drug-likeness (QED) is 0.698. The molecule has 0 atom stereocenters. The SMILES string of the molecule is Cc1ncc(N)c(C(C)C)c1F. The highest BCUT2D eigenvalue weighted by Crippen LogP contribution is 2.25. The first-order chi connectivity index (χ1) is 5.54. The third kappa shape index (κ3) is 1.40. The zero-order valence-electron chi connectivity index (χ0n) is 7.56. The Balaban J connectivity index is 3.33. The van der Waals surface area contributed by atoms with E-state index in [2.05, 4.69) is 4.98 Å². The van der Waals surface area contributed by atoms with E-state index in [0.717, 1.165) is 0 Å². The molecule has 12 heavy (non-hydrogen) atoms. The van der Waals surface area contributed by atoms with Crippen LogP contribution in [-0.4, -0.2) is 4.98 Å². The third-order valence-corrected chi connectivity index (χ3v) is 1.84. The molecule has 3 heteroatoms. The van der Waals surface area contributed by atoms with E-state index >= 15 is 0 Å². The molecule has 0 aromatic carbocycles. The fourth-order valence-corrected chi connectivity index (χ4v) is 1.20. The Morgan fingerprint density at radius 3 is 2.50 bits per heavy atom. The Labute approximate surface area is 71.6 Å². The molecule has 1 heterocycles. The lowest BCUT2D eigenvalue weighted by atomic mass is 10.0. The zero-order chi connectivity index (χ0) is 9.30. The van der Waals surface area contributed by atoms with Gasteiger partial charge in [0.2, 0.25) is 0 Å². The van der Waals surface area contributed by atoms with Crippen molar-refractivity contribution < 1.29 is 4.39 Å². The van der Waals surface area contributed by atoms with Gasteiger partial charge in [-0.05, 0) is 12.8 Å². The molecule has 0 fully saturated rings. The van der Waals surface area contributed by atoms with E-state index in [1.807, 2.05) is 13.8 Å². The molecule has 0 saturated carbocycles. The van der Waals surface area contributed by atoms with Crippen LogP contribution in [0.2, 0.25) is 0 Å². The average Bonchev–Trinajstić information content (AvgIpc) is 1.97. The van der Waals surface area contributed by atoms with Gasteiger partial charge in [-0.1, -0.05) is 13.8 Å². The highest BCUT2D eigenvalue weighted by Gasteiger charge is 2.12. The fraction of sp³-hybridized carbons (Fsp3) is 0.444. The van der Waals surface area contributed by atoms with Crippen LogP contribution in [0.1, 0.15) is 31.0 Å². The lowest BCUT2D eigenvalue weighted by molar-refractivity contribution is 0.583. The van der Waals surface area contributed by atoms with Gasteiger partial charge in [0.25, 0.3) is 0 Å². The number of aryl methyl sites for hydroxylation is 1. The number of pyridine rings is 1. The second-order valence-electron chi connectivity index (χ2n) is 3.18. The summed E-state index contributed by atoms with van der Waals surface area (Å²) in [6.45, 7) is 5.46. The summed E-state index contributed by atoms with van der Waals surface area (Å²) < 4.78 is 13.4. The molecule has 1 aromatic heterocycles. The number of aromatic nitrogens is 1. The third-order valence-electron chi connectivity index (χ3n) is 1.84. The van der Waals surface area contributed by atoms with Crippen LogP contribution < -0.4 is 5.73 Å². The summed E-state index contributed by atoms with van der Waals surface area (Å²) in [4.78, 5) is 3.82. The zero-order valence-corrected chi connectivity index (χ0v) is 7.56. The number of hydrogen-bond donors (Lipinski definition) is 1. The van der Waals surface area contributed by atoms with Crippen molar-refractivity contribution in [1.29, 1.82) is 0 Å². The number of nitrogen functional groups attached to an aromatic ring is 1. The predicted octanol–water partition coefficient (Wildman–Crippen LogP) is 2.23. The minimum Gasteiger partial charge on any atom is -0.397 e. The molecule has 0 aliphatic rings. The van der Waals surface area contributed by atoms with Gasteiger partial charge >= 0.3 is 0 Å². The second-order valence-corrected chi connectivity index (χ2v) is 3.18. The number of anilines is 1. The Morgan fingerprint density at radius 1 is 1.50 bits per heavy atom. The van der Waals surface area contributed by atoms with Gasteiger partial charge in [-0.15, -0.1) is 0 Å². The summed E-state index contributed by atoms with van der Waals surface area (Å²) in [5, 5.41) is 0. The number of nitrogens with zero attached hydrogens (tertiary/aromatic N) is 1. The van der Waals surface area contributed by atoms with Crippen molar-refractivity contribution in [3.63, 3.8) is 0 Å². The molecule has 0 amide bonds. The van der Waals surface area contributed by atoms with Crippen LogP contribution in [0.15, 0.2) is 6.20 Å². The van der Waals surface area contributed by atoms with Crippen LogP contribution in [-0.2, 0) is 0 Å². The van der Waals surface area contributed by atoms with Crippen molar-refractivity contribution in [3.8, 4) is 0 Å². The summed E-state index contributed by atoms with van der Waals surface area (Å²) in [6.07, 6.45) is 1.51. The van der Waals surface area contributed by atoms with Gasteiger partial charge in [-0.25, -0.2) is 4.39 Å². The number of halogens is 1. The summed E-state index contributed by atoms with van der Waals surface area (Å²) in [5.74, 6) is -0.170. The van der Waals surface area contributed by atoms with E-state index in [4.69, 9.17) is 5.73 Å². The van der Waals surface area contributed by atoms with Crippen LogP contribution in [0.5, 0.6) is 0 Å². The summed E-state index contributed by atoms with van der Waals surface area (Å²) in [6, 6.07) is 0. The van der Waals surface area contributed by atoms with Crippen molar-refractivity contribution in [2.75, 3.05) is 5.73 Å². The molecule has 0 unspecified atom stereocenters. The Kier molecular flexibility index (Phi) is 2.31. The van der Waals surface area contributed by atoms with Crippen LogP contribution in [0.4, 0.5) is 10.1 Å². The van der Waals surface area contributed by atoms with Crippen molar-refractivity contribution >= 4 is 5.69 Å². The predicted molar refractivity (Wildman–Crippen MR) is 47.4 cm³/mol. The molecule has 0 bridgehead atoms. The summed E-state index contributed by atoms with van der Waals surface area (Å²) in [7, 11) is 0. The molecule has 0 radical (unpaired) electrons. The van der Waals surface area contributed by atoms with E-state index < -0.39 is 0 Å². The molecule has 0 saturated heterocycles. The minimum absolute atomic E-state index is 0.103. The van der Waals surface area contributed by atoms with E-state index in [-0.39, 0.29) is 11.7 Å². The van der Waals surface area contributed by atoms with Gasteiger partial charge in [0.1, 0.15) is 5.82 Å². The Bertz CT molecular complexity index is 295. The van der Waals surface area contributed by atoms with Gasteiger partial charge in [0.15, 0.2) is 0 Å². The topological polar surface area (TPSA) is 38.9 Å². The first kappa shape index (κ1) is 8.97. The van der Waals surface area contributed by atoms with Gasteiger partial charge in [0, 0.05) is 5.56 Å². The lowest BCUT2D eigenvalue weighted by Crippen LogP contribution is -2.03. The van der Waals surface area contributed by atoms with Crippen molar-refractivity contribution in [1.82, 2.24) is 4.98 Å². The first-order valence-electron chi connectivity index (χ1n) is 3.94. The van der Waals surface area contributed by atoms with E-state index in [0.29, 0.717) is 16.9 Å². The van der Waals surface area contributed by atoms with Crippen molar-refractivity contribution in [2.24, 2.45) is 0 Å². The highest BCUT2D eigenvalue weighted by molar-refractivity contribution is 5.47. The monoisotopic (exact) mass is 168 g/mol.